The molecule has 0 bridgehead atoms. The SMILES string of the molecule is CC.COCCN(C)CCN(C)C(=O)OCCOCCOCCOCCN. The Morgan fingerprint density at radius 1 is 0.778 bits per heavy atom. The van der Waals surface area contributed by atoms with Gasteiger partial charge in [-0.25, -0.2) is 4.79 Å². The highest BCUT2D eigenvalue weighted by atomic mass is 16.6. The predicted octanol–water partition coefficient (Wildman–Crippen LogP) is 0.668. The highest BCUT2D eigenvalue weighted by Gasteiger charge is 2.10. The molecule has 0 aromatic carbocycles. The smallest absolute Gasteiger partial charge is 0.409 e. The summed E-state index contributed by atoms with van der Waals surface area (Å²) < 4.78 is 26.0. The minimum Gasteiger partial charge on any atom is -0.447 e. The third-order valence-corrected chi connectivity index (χ3v) is 3.27. The fourth-order valence-electron chi connectivity index (χ4n) is 1.69. The number of nitrogens with two attached hydrogens (primary N) is 1. The zero-order valence-electron chi connectivity index (χ0n) is 17.9. The lowest BCUT2D eigenvalue weighted by molar-refractivity contribution is 0.00445. The van der Waals surface area contributed by atoms with Crippen LogP contribution in [-0.4, -0.2) is 116 Å². The summed E-state index contributed by atoms with van der Waals surface area (Å²) in [6.45, 7) is 10.5. The van der Waals surface area contributed by atoms with E-state index in [1.807, 2.05) is 20.9 Å². The first kappa shape index (κ1) is 28.2. The number of methoxy groups -OCH3 is 1. The van der Waals surface area contributed by atoms with E-state index in [0.717, 1.165) is 13.1 Å². The monoisotopic (exact) mass is 395 g/mol. The Labute approximate surface area is 165 Å². The van der Waals surface area contributed by atoms with Gasteiger partial charge in [-0.1, -0.05) is 13.8 Å². The van der Waals surface area contributed by atoms with Crippen molar-refractivity contribution in [3.63, 3.8) is 0 Å². The zero-order valence-corrected chi connectivity index (χ0v) is 17.9. The lowest BCUT2D eigenvalue weighted by Crippen LogP contribution is -2.36. The molecule has 0 heterocycles. The summed E-state index contributed by atoms with van der Waals surface area (Å²) in [5.74, 6) is 0. The van der Waals surface area contributed by atoms with Crippen LogP contribution in [0.25, 0.3) is 0 Å². The molecule has 0 rings (SSSR count). The molecule has 0 atom stereocenters. The number of ether oxygens (including phenoxy) is 5. The molecule has 0 unspecified atom stereocenters. The molecule has 0 aromatic heterocycles. The van der Waals surface area contributed by atoms with E-state index in [1.54, 1.807) is 19.1 Å². The lowest BCUT2D eigenvalue weighted by atomic mass is 10.5. The van der Waals surface area contributed by atoms with E-state index in [9.17, 15) is 4.79 Å². The normalized spacial score (nSPS) is 10.5. The van der Waals surface area contributed by atoms with Crippen molar-refractivity contribution in [3.8, 4) is 0 Å². The first-order valence-electron chi connectivity index (χ1n) is 9.60. The van der Waals surface area contributed by atoms with E-state index < -0.39 is 0 Å². The average molecular weight is 396 g/mol. The molecule has 164 valence electrons. The van der Waals surface area contributed by atoms with Crippen LogP contribution in [0.15, 0.2) is 0 Å². The summed E-state index contributed by atoms with van der Waals surface area (Å²) in [5.41, 5.74) is 5.29. The largest absolute Gasteiger partial charge is 0.447 e. The van der Waals surface area contributed by atoms with Gasteiger partial charge in [-0.15, -0.1) is 0 Å². The standard InChI is InChI=1S/C16H35N3O6.C2H6/c1-18(7-9-21-3)5-6-19(2)16(20)25-15-14-24-13-12-23-11-10-22-8-4-17;1-2/h4-15,17H2,1-3H3;1-2H3. The van der Waals surface area contributed by atoms with Crippen molar-refractivity contribution in [1.29, 1.82) is 0 Å². The van der Waals surface area contributed by atoms with Gasteiger partial charge in [0.1, 0.15) is 6.61 Å². The third-order valence-electron chi connectivity index (χ3n) is 3.27. The molecule has 27 heavy (non-hydrogen) atoms. The Hall–Kier alpha value is -0.970. The van der Waals surface area contributed by atoms with Crippen molar-refractivity contribution >= 4 is 6.09 Å². The van der Waals surface area contributed by atoms with Crippen LogP contribution in [-0.2, 0) is 23.7 Å². The summed E-state index contributed by atoms with van der Waals surface area (Å²) in [6, 6.07) is 0. The minimum absolute atomic E-state index is 0.225. The van der Waals surface area contributed by atoms with E-state index in [2.05, 4.69) is 4.90 Å². The Morgan fingerprint density at radius 2 is 1.30 bits per heavy atom. The quantitative estimate of drug-likeness (QED) is 0.359. The summed E-state index contributed by atoms with van der Waals surface area (Å²) >= 11 is 0. The van der Waals surface area contributed by atoms with Crippen molar-refractivity contribution in [3.05, 3.63) is 0 Å². The van der Waals surface area contributed by atoms with Crippen LogP contribution in [0.2, 0.25) is 0 Å². The number of carbonyl (C=O) groups excluding carboxylic acids is 1. The number of rotatable bonds is 17. The first-order valence-corrected chi connectivity index (χ1v) is 9.60. The molecule has 0 saturated carbocycles. The van der Waals surface area contributed by atoms with Crippen LogP contribution in [0, 0.1) is 0 Å². The van der Waals surface area contributed by atoms with Gasteiger partial charge in [0, 0.05) is 40.3 Å². The summed E-state index contributed by atoms with van der Waals surface area (Å²) in [7, 11) is 5.37. The van der Waals surface area contributed by atoms with Crippen molar-refractivity contribution in [2.75, 3.05) is 100 Å². The Balaban J connectivity index is 0. The van der Waals surface area contributed by atoms with Gasteiger partial charge in [0.05, 0.1) is 46.2 Å². The van der Waals surface area contributed by atoms with Crippen molar-refractivity contribution in [2.45, 2.75) is 13.8 Å². The average Bonchev–Trinajstić information content (AvgIpc) is 2.69. The Bertz CT molecular complexity index is 311. The summed E-state index contributed by atoms with van der Waals surface area (Å²) in [5, 5.41) is 0. The van der Waals surface area contributed by atoms with Gasteiger partial charge in [0.25, 0.3) is 0 Å². The molecule has 0 saturated heterocycles. The molecule has 1 amide bonds. The molecule has 0 aliphatic heterocycles. The molecule has 0 spiro atoms. The van der Waals surface area contributed by atoms with Crippen LogP contribution in [0.1, 0.15) is 13.8 Å². The van der Waals surface area contributed by atoms with Crippen LogP contribution in [0.5, 0.6) is 0 Å². The number of carbonyl (C=O) groups is 1. The minimum atomic E-state index is -0.350. The maximum absolute atomic E-state index is 11.8. The Kier molecular flexibility index (Phi) is 24.1. The molecule has 9 nitrogen and oxygen atoms in total. The number of hydrogen-bond donors (Lipinski definition) is 1. The number of nitrogens with zero attached hydrogens (tertiary/aromatic N) is 2. The van der Waals surface area contributed by atoms with Gasteiger partial charge in [-0.2, -0.15) is 0 Å². The van der Waals surface area contributed by atoms with E-state index in [1.165, 1.54) is 0 Å². The predicted molar refractivity (Wildman–Crippen MR) is 106 cm³/mol. The second kappa shape index (κ2) is 23.1. The van der Waals surface area contributed by atoms with Crippen molar-refractivity contribution in [1.82, 2.24) is 9.80 Å². The molecular formula is C18H41N3O6. The fourth-order valence-corrected chi connectivity index (χ4v) is 1.69. The Morgan fingerprint density at radius 3 is 1.81 bits per heavy atom. The molecule has 0 aromatic rings. The topological polar surface area (TPSA) is 95.7 Å². The van der Waals surface area contributed by atoms with Gasteiger partial charge < -0.3 is 39.2 Å². The van der Waals surface area contributed by atoms with Crippen LogP contribution >= 0.6 is 0 Å². The summed E-state index contributed by atoms with van der Waals surface area (Å²) in [6.07, 6.45) is -0.350. The molecule has 0 aliphatic rings. The van der Waals surface area contributed by atoms with Gasteiger partial charge in [0.2, 0.25) is 0 Å². The van der Waals surface area contributed by atoms with Crippen molar-refractivity contribution < 1.29 is 28.5 Å². The van der Waals surface area contributed by atoms with Gasteiger partial charge >= 0.3 is 6.09 Å². The van der Waals surface area contributed by atoms with E-state index in [4.69, 9.17) is 29.4 Å². The second-order valence-corrected chi connectivity index (χ2v) is 5.46. The highest BCUT2D eigenvalue weighted by Crippen LogP contribution is 1.93. The second-order valence-electron chi connectivity index (χ2n) is 5.46. The summed E-state index contributed by atoms with van der Waals surface area (Å²) in [4.78, 5) is 15.4. The molecule has 0 fully saturated rings. The molecular weight excluding hydrogens is 354 g/mol. The van der Waals surface area contributed by atoms with Gasteiger partial charge in [-0.05, 0) is 7.05 Å². The molecule has 0 aliphatic carbocycles. The van der Waals surface area contributed by atoms with Gasteiger partial charge in [0.15, 0.2) is 0 Å². The van der Waals surface area contributed by atoms with Crippen molar-refractivity contribution in [2.24, 2.45) is 5.73 Å². The molecule has 0 radical (unpaired) electrons. The number of hydrogen-bond acceptors (Lipinski definition) is 8. The van der Waals surface area contributed by atoms with Crippen LogP contribution in [0.4, 0.5) is 4.79 Å². The number of likely N-dealkylation sites (N-methyl/N-ethyl adjacent to an activating group) is 2. The third kappa shape index (κ3) is 21.2. The lowest BCUT2D eigenvalue weighted by Gasteiger charge is -2.21. The van der Waals surface area contributed by atoms with E-state index >= 15 is 0 Å². The highest BCUT2D eigenvalue weighted by molar-refractivity contribution is 5.67. The van der Waals surface area contributed by atoms with Crippen LogP contribution in [0.3, 0.4) is 0 Å². The van der Waals surface area contributed by atoms with Gasteiger partial charge in [-0.3, -0.25) is 0 Å². The zero-order chi connectivity index (χ0) is 20.8. The molecule has 2 N–H and O–H groups in total. The van der Waals surface area contributed by atoms with Crippen LogP contribution < -0.4 is 5.73 Å². The maximum Gasteiger partial charge on any atom is 0.409 e. The van der Waals surface area contributed by atoms with E-state index in [0.29, 0.717) is 59.3 Å². The maximum atomic E-state index is 11.8. The van der Waals surface area contributed by atoms with E-state index in [-0.39, 0.29) is 12.7 Å². The fraction of sp³-hybridized carbons (Fsp3) is 0.944. The molecule has 9 heteroatoms. The first-order chi connectivity index (χ1) is 13.1. The number of amides is 1.